The van der Waals surface area contributed by atoms with E-state index < -0.39 is 11.5 Å². The SMILES string of the molecule is CC(=O)N/C(=C\c1ccccc1)C(=O)NCC(C)(O)c1cccs1. The second kappa shape index (κ2) is 7.90. The highest BCUT2D eigenvalue weighted by Gasteiger charge is 2.25. The number of carbonyl (C=O) groups is 2. The van der Waals surface area contributed by atoms with Crippen molar-refractivity contribution in [3.05, 3.63) is 64.0 Å². The highest BCUT2D eigenvalue weighted by Crippen LogP contribution is 2.24. The molecule has 126 valence electrons. The number of benzene rings is 1. The maximum Gasteiger partial charge on any atom is 0.267 e. The number of thiophene rings is 1. The third-order valence-electron chi connectivity index (χ3n) is 3.31. The van der Waals surface area contributed by atoms with Crippen LogP contribution in [0, 0.1) is 0 Å². The molecule has 0 aliphatic carbocycles. The molecule has 6 heteroatoms. The average molecular weight is 344 g/mol. The lowest BCUT2D eigenvalue weighted by Crippen LogP contribution is -2.41. The van der Waals surface area contributed by atoms with Crippen LogP contribution in [0.5, 0.6) is 0 Å². The summed E-state index contributed by atoms with van der Waals surface area (Å²) < 4.78 is 0. The van der Waals surface area contributed by atoms with E-state index in [9.17, 15) is 14.7 Å². The zero-order valence-electron chi connectivity index (χ0n) is 13.6. The van der Waals surface area contributed by atoms with Gasteiger partial charge in [0.05, 0.1) is 6.54 Å². The van der Waals surface area contributed by atoms with Crippen LogP contribution in [-0.4, -0.2) is 23.5 Å². The Bertz CT molecular complexity index is 722. The van der Waals surface area contributed by atoms with Crippen LogP contribution in [0.2, 0.25) is 0 Å². The summed E-state index contributed by atoms with van der Waals surface area (Å²) >= 11 is 1.42. The van der Waals surface area contributed by atoms with E-state index in [0.29, 0.717) is 0 Å². The maximum atomic E-state index is 12.4. The molecule has 0 fully saturated rings. The first kappa shape index (κ1) is 17.9. The maximum absolute atomic E-state index is 12.4. The Balaban J connectivity index is 2.11. The van der Waals surface area contributed by atoms with E-state index in [2.05, 4.69) is 10.6 Å². The summed E-state index contributed by atoms with van der Waals surface area (Å²) in [5, 5.41) is 17.5. The molecular weight excluding hydrogens is 324 g/mol. The van der Waals surface area contributed by atoms with E-state index in [4.69, 9.17) is 0 Å². The van der Waals surface area contributed by atoms with Gasteiger partial charge in [-0.2, -0.15) is 0 Å². The van der Waals surface area contributed by atoms with Crippen molar-refractivity contribution in [2.24, 2.45) is 0 Å². The smallest absolute Gasteiger partial charge is 0.267 e. The zero-order valence-corrected chi connectivity index (χ0v) is 14.4. The molecule has 24 heavy (non-hydrogen) atoms. The van der Waals surface area contributed by atoms with E-state index in [-0.39, 0.29) is 18.1 Å². The summed E-state index contributed by atoms with van der Waals surface area (Å²) in [5.41, 5.74) is -0.241. The van der Waals surface area contributed by atoms with Crippen LogP contribution < -0.4 is 10.6 Å². The lowest BCUT2D eigenvalue weighted by atomic mass is 10.1. The molecule has 1 heterocycles. The molecule has 0 saturated carbocycles. The van der Waals surface area contributed by atoms with Crippen LogP contribution in [0.15, 0.2) is 53.5 Å². The van der Waals surface area contributed by atoms with Crippen molar-refractivity contribution in [1.29, 1.82) is 0 Å². The molecule has 0 aliphatic rings. The normalized spacial score (nSPS) is 13.9. The van der Waals surface area contributed by atoms with Crippen molar-refractivity contribution in [3.8, 4) is 0 Å². The van der Waals surface area contributed by atoms with Crippen molar-refractivity contribution in [3.63, 3.8) is 0 Å². The Labute approximate surface area is 145 Å². The van der Waals surface area contributed by atoms with Gasteiger partial charge in [-0.15, -0.1) is 11.3 Å². The molecule has 1 unspecified atom stereocenters. The number of aliphatic hydroxyl groups is 1. The van der Waals surface area contributed by atoms with Crippen LogP contribution >= 0.6 is 11.3 Å². The molecule has 1 aromatic heterocycles. The minimum atomic E-state index is -1.17. The third-order valence-corrected chi connectivity index (χ3v) is 4.43. The van der Waals surface area contributed by atoms with Crippen LogP contribution in [0.4, 0.5) is 0 Å². The third kappa shape index (κ3) is 5.04. The van der Waals surface area contributed by atoms with E-state index in [1.165, 1.54) is 18.3 Å². The van der Waals surface area contributed by atoms with Crippen molar-refractivity contribution in [2.75, 3.05) is 6.54 Å². The van der Waals surface area contributed by atoms with Gasteiger partial charge in [0.1, 0.15) is 11.3 Å². The molecule has 3 N–H and O–H groups in total. The van der Waals surface area contributed by atoms with Crippen molar-refractivity contribution >= 4 is 29.2 Å². The fourth-order valence-electron chi connectivity index (χ4n) is 2.08. The first-order chi connectivity index (χ1) is 11.4. The monoisotopic (exact) mass is 344 g/mol. The van der Waals surface area contributed by atoms with Gasteiger partial charge in [0, 0.05) is 11.8 Å². The number of carbonyl (C=O) groups excluding carboxylic acids is 2. The number of rotatable bonds is 6. The van der Waals surface area contributed by atoms with Gasteiger partial charge in [0.25, 0.3) is 5.91 Å². The molecule has 0 bridgehead atoms. The predicted octanol–water partition coefficient (Wildman–Crippen LogP) is 2.25. The minimum Gasteiger partial charge on any atom is -0.383 e. The molecule has 2 rings (SSSR count). The lowest BCUT2D eigenvalue weighted by Gasteiger charge is -2.22. The first-order valence-corrected chi connectivity index (χ1v) is 8.35. The summed E-state index contributed by atoms with van der Waals surface area (Å²) in [7, 11) is 0. The highest BCUT2D eigenvalue weighted by molar-refractivity contribution is 7.10. The minimum absolute atomic E-state index is 0.0397. The number of hydrogen-bond donors (Lipinski definition) is 3. The largest absolute Gasteiger partial charge is 0.383 e. The Morgan fingerprint density at radius 2 is 1.92 bits per heavy atom. The van der Waals surface area contributed by atoms with Crippen molar-refractivity contribution < 1.29 is 14.7 Å². The van der Waals surface area contributed by atoms with Gasteiger partial charge >= 0.3 is 0 Å². The van der Waals surface area contributed by atoms with Gasteiger partial charge in [-0.05, 0) is 30.0 Å². The Morgan fingerprint density at radius 3 is 2.50 bits per heavy atom. The zero-order chi connectivity index (χ0) is 17.6. The van der Waals surface area contributed by atoms with Crippen LogP contribution in [0.1, 0.15) is 24.3 Å². The van der Waals surface area contributed by atoms with E-state index in [0.717, 1.165) is 10.4 Å². The number of amides is 2. The van der Waals surface area contributed by atoms with Gasteiger partial charge in [-0.3, -0.25) is 9.59 Å². The second-order valence-electron chi connectivity index (χ2n) is 5.58. The lowest BCUT2D eigenvalue weighted by molar-refractivity contribution is -0.123. The van der Waals surface area contributed by atoms with Crippen molar-refractivity contribution in [1.82, 2.24) is 10.6 Å². The first-order valence-electron chi connectivity index (χ1n) is 7.47. The summed E-state index contributed by atoms with van der Waals surface area (Å²) in [6, 6.07) is 12.9. The van der Waals surface area contributed by atoms with Crippen LogP contribution in [-0.2, 0) is 15.2 Å². The molecule has 1 aromatic carbocycles. The average Bonchev–Trinajstić information content (AvgIpc) is 3.08. The number of nitrogens with one attached hydrogen (secondary N) is 2. The predicted molar refractivity (Wildman–Crippen MR) is 95.1 cm³/mol. The van der Waals surface area contributed by atoms with E-state index in [1.54, 1.807) is 13.0 Å². The topological polar surface area (TPSA) is 78.4 Å². The molecular formula is C18H20N2O3S. The molecule has 2 amide bonds. The van der Waals surface area contributed by atoms with Gasteiger partial charge in [-0.25, -0.2) is 0 Å². The fraction of sp³-hybridized carbons (Fsp3) is 0.222. The second-order valence-corrected chi connectivity index (χ2v) is 6.53. The molecule has 5 nitrogen and oxygen atoms in total. The van der Waals surface area contributed by atoms with Gasteiger partial charge < -0.3 is 15.7 Å². The molecule has 0 radical (unpaired) electrons. The van der Waals surface area contributed by atoms with Gasteiger partial charge in [-0.1, -0.05) is 36.4 Å². The molecule has 2 aromatic rings. The fourth-order valence-corrected chi connectivity index (χ4v) is 2.87. The molecule has 0 aliphatic heterocycles. The number of hydrogen-bond acceptors (Lipinski definition) is 4. The summed E-state index contributed by atoms with van der Waals surface area (Å²) in [6.45, 7) is 3.02. The van der Waals surface area contributed by atoms with Gasteiger partial charge in [0.2, 0.25) is 5.91 Å². The van der Waals surface area contributed by atoms with Gasteiger partial charge in [0.15, 0.2) is 0 Å². The summed E-state index contributed by atoms with van der Waals surface area (Å²) in [5.74, 6) is -0.789. The Kier molecular flexibility index (Phi) is 5.89. The van der Waals surface area contributed by atoms with E-state index >= 15 is 0 Å². The Morgan fingerprint density at radius 1 is 1.21 bits per heavy atom. The Hall–Kier alpha value is -2.44. The molecule has 0 spiro atoms. The highest BCUT2D eigenvalue weighted by atomic mass is 32.1. The molecule has 0 saturated heterocycles. The summed E-state index contributed by atoms with van der Waals surface area (Å²) in [6.07, 6.45) is 1.59. The standard InChI is InChI=1S/C18H20N2O3S/c1-13(21)20-15(11-14-7-4-3-5-8-14)17(22)19-12-18(2,23)16-9-6-10-24-16/h3-11,23H,12H2,1-2H3,(H,19,22)(H,20,21)/b15-11-. The van der Waals surface area contributed by atoms with Crippen LogP contribution in [0.3, 0.4) is 0 Å². The van der Waals surface area contributed by atoms with Crippen molar-refractivity contribution in [2.45, 2.75) is 19.4 Å². The summed E-state index contributed by atoms with van der Waals surface area (Å²) in [4.78, 5) is 24.5. The van der Waals surface area contributed by atoms with Crippen LogP contribution in [0.25, 0.3) is 6.08 Å². The quantitative estimate of drug-likeness (QED) is 0.703. The van der Waals surface area contributed by atoms with E-state index in [1.807, 2.05) is 47.8 Å². The molecule has 1 atom stereocenters.